The molecule has 0 atom stereocenters. The van der Waals surface area contributed by atoms with Gasteiger partial charge in [0.05, 0.1) is 5.69 Å². The monoisotopic (exact) mass is 183 g/mol. The third-order valence-corrected chi connectivity index (χ3v) is 1.71. The molecule has 0 amide bonds. The maximum absolute atomic E-state index is 10.6. The average molecular weight is 183 g/mol. The third-order valence-electron chi connectivity index (χ3n) is 1.71. The number of hydrogen-bond acceptors (Lipinski definition) is 4. The SMILES string of the molecule is Cc1cc(N)c(O)c(C(=O)O)c1O. The lowest BCUT2D eigenvalue weighted by atomic mass is 10.1. The van der Waals surface area contributed by atoms with Crippen LogP contribution in [0.1, 0.15) is 15.9 Å². The number of anilines is 1. The van der Waals surface area contributed by atoms with Gasteiger partial charge < -0.3 is 21.1 Å². The zero-order valence-corrected chi connectivity index (χ0v) is 6.90. The highest BCUT2D eigenvalue weighted by molar-refractivity contribution is 5.96. The number of aromatic hydroxyl groups is 2. The van der Waals surface area contributed by atoms with E-state index in [1.54, 1.807) is 0 Å². The molecule has 0 aliphatic carbocycles. The van der Waals surface area contributed by atoms with Gasteiger partial charge in [0.25, 0.3) is 0 Å². The highest BCUT2D eigenvalue weighted by atomic mass is 16.4. The predicted octanol–water partition coefficient (Wildman–Crippen LogP) is 0.687. The summed E-state index contributed by atoms with van der Waals surface area (Å²) >= 11 is 0. The van der Waals surface area contributed by atoms with Crippen molar-refractivity contribution in [3.8, 4) is 11.5 Å². The summed E-state index contributed by atoms with van der Waals surface area (Å²) in [4.78, 5) is 10.6. The van der Waals surface area contributed by atoms with Crippen molar-refractivity contribution in [3.05, 3.63) is 17.2 Å². The second-order valence-corrected chi connectivity index (χ2v) is 2.66. The number of aryl methyl sites for hydroxylation is 1. The summed E-state index contributed by atoms with van der Waals surface area (Å²) < 4.78 is 0. The number of phenols is 2. The maximum atomic E-state index is 10.6. The van der Waals surface area contributed by atoms with Gasteiger partial charge in [-0.1, -0.05) is 0 Å². The van der Waals surface area contributed by atoms with Crippen LogP contribution < -0.4 is 5.73 Å². The van der Waals surface area contributed by atoms with Crippen LogP contribution in [0.2, 0.25) is 0 Å². The van der Waals surface area contributed by atoms with Crippen LogP contribution in [0, 0.1) is 6.92 Å². The van der Waals surface area contributed by atoms with Gasteiger partial charge in [0.2, 0.25) is 0 Å². The fourth-order valence-electron chi connectivity index (χ4n) is 1.03. The van der Waals surface area contributed by atoms with E-state index in [0.29, 0.717) is 5.56 Å². The first-order chi connectivity index (χ1) is 5.95. The van der Waals surface area contributed by atoms with Crippen LogP contribution in [-0.4, -0.2) is 21.3 Å². The van der Waals surface area contributed by atoms with Gasteiger partial charge >= 0.3 is 5.97 Å². The molecule has 0 heterocycles. The number of hydrogen-bond donors (Lipinski definition) is 4. The van der Waals surface area contributed by atoms with Gasteiger partial charge in [-0.2, -0.15) is 0 Å². The average Bonchev–Trinajstić information content (AvgIpc) is 2.01. The van der Waals surface area contributed by atoms with E-state index in [2.05, 4.69) is 0 Å². The smallest absolute Gasteiger partial charge is 0.343 e. The van der Waals surface area contributed by atoms with Crippen molar-refractivity contribution >= 4 is 11.7 Å². The van der Waals surface area contributed by atoms with E-state index in [1.165, 1.54) is 13.0 Å². The van der Waals surface area contributed by atoms with Gasteiger partial charge in [-0.05, 0) is 18.6 Å². The lowest BCUT2D eigenvalue weighted by Crippen LogP contribution is -2.01. The fourth-order valence-corrected chi connectivity index (χ4v) is 1.03. The van der Waals surface area contributed by atoms with Crippen molar-refractivity contribution in [1.29, 1.82) is 0 Å². The number of nitrogen functional groups attached to an aromatic ring is 1. The third kappa shape index (κ3) is 1.35. The zero-order chi connectivity index (χ0) is 10.2. The Balaban J connectivity index is 3.56. The van der Waals surface area contributed by atoms with Gasteiger partial charge in [0.15, 0.2) is 5.75 Å². The molecule has 0 spiro atoms. The standard InChI is InChI=1S/C8H9NO4/c1-3-2-4(9)7(11)5(6(3)10)8(12)13/h2,10-11H,9H2,1H3,(H,12,13). The number of carbonyl (C=O) groups is 1. The Labute approximate surface area is 74.0 Å². The summed E-state index contributed by atoms with van der Waals surface area (Å²) in [6.07, 6.45) is 0. The van der Waals surface area contributed by atoms with E-state index in [9.17, 15) is 15.0 Å². The normalized spacial score (nSPS) is 9.92. The van der Waals surface area contributed by atoms with E-state index >= 15 is 0 Å². The molecule has 1 aromatic carbocycles. The predicted molar refractivity (Wildman–Crippen MR) is 45.9 cm³/mol. The first-order valence-corrected chi connectivity index (χ1v) is 3.49. The molecule has 0 aliphatic rings. The summed E-state index contributed by atoms with van der Waals surface area (Å²) in [7, 11) is 0. The number of benzene rings is 1. The van der Waals surface area contributed by atoms with Crippen LogP contribution in [0.3, 0.4) is 0 Å². The van der Waals surface area contributed by atoms with Gasteiger partial charge in [0, 0.05) is 0 Å². The Kier molecular flexibility index (Phi) is 2.02. The fraction of sp³-hybridized carbons (Fsp3) is 0.125. The minimum atomic E-state index is -1.41. The highest BCUT2D eigenvalue weighted by Crippen LogP contribution is 2.35. The Morgan fingerprint density at radius 3 is 2.38 bits per heavy atom. The molecule has 5 heteroatoms. The molecule has 0 radical (unpaired) electrons. The number of aromatic carboxylic acids is 1. The van der Waals surface area contributed by atoms with Crippen molar-refractivity contribution < 1.29 is 20.1 Å². The molecule has 0 saturated carbocycles. The topological polar surface area (TPSA) is 104 Å². The molecule has 5 N–H and O–H groups in total. The molecule has 0 aromatic heterocycles. The Morgan fingerprint density at radius 1 is 1.38 bits per heavy atom. The van der Waals surface area contributed by atoms with Crippen LogP contribution >= 0.6 is 0 Å². The number of nitrogens with two attached hydrogens (primary N) is 1. The molecule has 0 unspecified atom stereocenters. The van der Waals surface area contributed by atoms with E-state index in [1.807, 2.05) is 0 Å². The summed E-state index contributed by atoms with van der Waals surface area (Å²) in [5, 5.41) is 27.1. The lowest BCUT2D eigenvalue weighted by Gasteiger charge is -2.07. The van der Waals surface area contributed by atoms with Gasteiger partial charge in [0.1, 0.15) is 11.3 Å². The molecule has 5 nitrogen and oxygen atoms in total. The van der Waals surface area contributed by atoms with E-state index in [4.69, 9.17) is 10.8 Å². The van der Waals surface area contributed by atoms with Crippen molar-refractivity contribution in [1.82, 2.24) is 0 Å². The summed E-state index contributed by atoms with van der Waals surface area (Å²) in [5.41, 5.74) is 5.00. The molecule has 1 rings (SSSR count). The largest absolute Gasteiger partial charge is 0.507 e. The first-order valence-electron chi connectivity index (χ1n) is 3.49. The summed E-state index contributed by atoms with van der Waals surface area (Å²) in [6.45, 7) is 1.50. The van der Waals surface area contributed by atoms with Gasteiger partial charge in [-0.3, -0.25) is 0 Å². The lowest BCUT2D eigenvalue weighted by molar-refractivity contribution is 0.0690. The van der Waals surface area contributed by atoms with Gasteiger partial charge in [-0.25, -0.2) is 4.79 Å². The minimum absolute atomic E-state index is 0.0623. The second kappa shape index (κ2) is 2.85. The number of carboxylic acids is 1. The van der Waals surface area contributed by atoms with Crippen molar-refractivity contribution in [2.45, 2.75) is 6.92 Å². The molecule has 0 aliphatic heterocycles. The molecule has 1 aromatic rings. The van der Waals surface area contributed by atoms with Gasteiger partial charge in [-0.15, -0.1) is 0 Å². The van der Waals surface area contributed by atoms with Crippen molar-refractivity contribution in [2.24, 2.45) is 0 Å². The molecule has 0 fully saturated rings. The summed E-state index contributed by atoms with van der Waals surface area (Å²) in [5.74, 6) is -2.47. The van der Waals surface area contributed by atoms with Crippen LogP contribution in [0.4, 0.5) is 5.69 Å². The molecule has 13 heavy (non-hydrogen) atoms. The maximum Gasteiger partial charge on any atom is 0.343 e. The summed E-state index contributed by atoms with van der Waals surface area (Å²) in [6, 6.07) is 1.30. The quantitative estimate of drug-likeness (QED) is 0.291. The van der Waals surface area contributed by atoms with E-state index in [-0.39, 0.29) is 5.69 Å². The Morgan fingerprint density at radius 2 is 1.92 bits per heavy atom. The molecule has 0 saturated heterocycles. The van der Waals surface area contributed by atoms with E-state index < -0.39 is 23.0 Å². The van der Waals surface area contributed by atoms with Crippen molar-refractivity contribution in [2.75, 3.05) is 5.73 Å². The molecular formula is C8H9NO4. The Hall–Kier alpha value is -1.91. The van der Waals surface area contributed by atoms with Crippen LogP contribution in [0.15, 0.2) is 6.07 Å². The molecule has 0 bridgehead atoms. The van der Waals surface area contributed by atoms with Crippen LogP contribution in [-0.2, 0) is 0 Å². The second-order valence-electron chi connectivity index (χ2n) is 2.66. The Bertz CT molecular complexity index is 347. The molecular weight excluding hydrogens is 174 g/mol. The van der Waals surface area contributed by atoms with Crippen LogP contribution in [0.25, 0.3) is 0 Å². The first kappa shape index (κ1) is 9.18. The van der Waals surface area contributed by atoms with Crippen molar-refractivity contribution in [3.63, 3.8) is 0 Å². The number of carboxylic acid groups (broad SMARTS) is 1. The van der Waals surface area contributed by atoms with Crippen LogP contribution in [0.5, 0.6) is 11.5 Å². The number of rotatable bonds is 1. The highest BCUT2D eigenvalue weighted by Gasteiger charge is 2.19. The minimum Gasteiger partial charge on any atom is -0.507 e. The van der Waals surface area contributed by atoms with E-state index in [0.717, 1.165) is 0 Å². The molecule has 70 valence electrons. The zero-order valence-electron chi connectivity index (χ0n) is 6.90.